The Hall–Kier alpha value is 0.160. The van der Waals surface area contributed by atoms with Gasteiger partial charge in [-0.25, -0.2) is 4.79 Å². The average molecular weight is 286 g/mol. The van der Waals surface area contributed by atoms with Crippen LogP contribution in [-0.4, -0.2) is 29.7 Å². The number of halogens is 1. The summed E-state index contributed by atoms with van der Waals surface area (Å²) in [6.45, 7) is 4.54. The quantitative estimate of drug-likeness (QED) is 0.323. The molecular formula is C8H15IO3. The van der Waals surface area contributed by atoms with E-state index >= 15 is 0 Å². The molecule has 0 radical (unpaired) electrons. The number of rotatable bonds is 6. The third-order valence-electron chi connectivity index (χ3n) is 1.26. The van der Waals surface area contributed by atoms with Gasteiger partial charge in [0.2, 0.25) is 0 Å². The van der Waals surface area contributed by atoms with Gasteiger partial charge in [0, 0.05) is 11.0 Å². The Kier molecular flexibility index (Phi) is 7.89. The molecule has 0 bridgehead atoms. The number of alkyl halides is 1. The van der Waals surface area contributed by atoms with Crippen molar-refractivity contribution in [1.29, 1.82) is 0 Å². The SMILES string of the molecule is CCOC(=O)C(C)OCCCI. The first-order valence-electron chi connectivity index (χ1n) is 4.06. The van der Waals surface area contributed by atoms with Crippen LogP contribution in [0, 0.1) is 0 Å². The highest BCUT2D eigenvalue weighted by molar-refractivity contribution is 14.1. The number of carbonyl (C=O) groups excluding carboxylic acids is 1. The van der Waals surface area contributed by atoms with Gasteiger partial charge in [0.25, 0.3) is 0 Å². The third kappa shape index (κ3) is 5.77. The monoisotopic (exact) mass is 286 g/mol. The molecule has 12 heavy (non-hydrogen) atoms. The van der Waals surface area contributed by atoms with Gasteiger partial charge in [0.1, 0.15) is 0 Å². The molecule has 0 aliphatic carbocycles. The minimum Gasteiger partial charge on any atom is -0.464 e. The van der Waals surface area contributed by atoms with Crippen molar-refractivity contribution < 1.29 is 14.3 Å². The van der Waals surface area contributed by atoms with Gasteiger partial charge < -0.3 is 9.47 Å². The first kappa shape index (κ1) is 12.2. The number of esters is 1. The molecule has 1 atom stereocenters. The second-order valence-corrected chi connectivity index (χ2v) is 3.39. The second kappa shape index (κ2) is 7.79. The van der Waals surface area contributed by atoms with Crippen LogP contribution in [0.3, 0.4) is 0 Å². The summed E-state index contributed by atoms with van der Waals surface area (Å²) in [6.07, 6.45) is 0.553. The molecule has 72 valence electrons. The van der Waals surface area contributed by atoms with Crippen LogP contribution in [-0.2, 0) is 14.3 Å². The fourth-order valence-electron chi connectivity index (χ4n) is 0.642. The molecule has 0 aliphatic rings. The van der Waals surface area contributed by atoms with Gasteiger partial charge in [-0.15, -0.1) is 0 Å². The van der Waals surface area contributed by atoms with Crippen LogP contribution in [0.1, 0.15) is 20.3 Å². The molecule has 0 heterocycles. The highest BCUT2D eigenvalue weighted by atomic mass is 127. The molecule has 0 aromatic rings. The van der Waals surface area contributed by atoms with Gasteiger partial charge >= 0.3 is 5.97 Å². The Morgan fingerprint density at radius 1 is 1.58 bits per heavy atom. The van der Waals surface area contributed by atoms with Crippen molar-refractivity contribution in [2.75, 3.05) is 17.6 Å². The average Bonchev–Trinajstić information content (AvgIpc) is 2.05. The fraction of sp³-hybridized carbons (Fsp3) is 0.875. The van der Waals surface area contributed by atoms with Gasteiger partial charge in [-0.2, -0.15) is 0 Å². The van der Waals surface area contributed by atoms with E-state index in [1.165, 1.54) is 0 Å². The van der Waals surface area contributed by atoms with Gasteiger partial charge in [0.05, 0.1) is 6.61 Å². The summed E-state index contributed by atoms with van der Waals surface area (Å²) in [4.78, 5) is 11.0. The molecule has 0 aromatic carbocycles. The lowest BCUT2D eigenvalue weighted by molar-refractivity contribution is -0.155. The second-order valence-electron chi connectivity index (χ2n) is 2.31. The predicted molar refractivity (Wildman–Crippen MR) is 55.6 cm³/mol. The van der Waals surface area contributed by atoms with Crippen LogP contribution in [0.5, 0.6) is 0 Å². The maximum atomic E-state index is 11.0. The number of hydrogen-bond acceptors (Lipinski definition) is 3. The lowest BCUT2D eigenvalue weighted by Gasteiger charge is -2.10. The Balaban J connectivity index is 3.42. The highest BCUT2D eigenvalue weighted by Gasteiger charge is 2.13. The number of carbonyl (C=O) groups is 1. The van der Waals surface area contributed by atoms with Gasteiger partial charge in [0.15, 0.2) is 6.10 Å². The summed E-state index contributed by atoms with van der Waals surface area (Å²) in [5.74, 6) is -0.272. The fourth-order valence-corrected chi connectivity index (χ4v) is 0.954. The first-order valence-corrected chi connectivity index (χ1v) is 5.59. The summed E-state index contributed by atoms with van der Waals surface area (Å²) in [5.41, 5.74) is 0. The Labute approximate surface area is 86.9 Å². The zero-order chi connectivity index (χ0) is 9.40. The minimum absolute atomic E-state index is 0.272. The molecule has 0 amide bonds. The Morgan fingerprint density at radius 3 is 2.75 bits per heavy atom. The molecule has 0 fully saturated rings. The number of ether oxygens (including phenoxy) is 2. The van der Waals surface area contributed by atoms with E-state index in [9.17, 15) is 4.79 Å². The van der Waals surface area contributed by atoms with Crippen LogP contribution < -0.4 is 0 Å². The van der Waals surface area contributed by atoms with Crippen LogP contribution in [0.2, 0.25) is 0 Å². The van der Waals surface area contributed by atoms with E-state index in [-0.39, 0.29) is 5.97 Å². The van der Waals surface area contributed by atoms with Gasteiger partial charge in [-0.05, 0) is 20.3 Å². The summed E-state index contributed by atoms with van der Waals surface area (Å²) in [5, 5.41) is 0. The maximum Gasteiger partial charge on any atom is 0.334 e. The van der Waals surface area contributed by atoms with Crippen molar-refractivity contribution in [1.82, 2.24) is 0 Å². The van der Waals surface area contributed by atoms with Crippen LogP contribution >= 0.6 is 22.6 Å². The van der Waals surface area contributed by atoms with Crippen molar-refractivity contribution in [2.45, 2.75) is 26.4 Å². The molecule has 4 heteroatoms. The van der Waals surface area contributed by atoms with E-state index in [1.54, 1.807) is 13.8 Å². The first-order chi connectivity index (χ1) is 5.72. The van der Waals surface area contributed by atoms with Crippen molar-refractivity contribution >= 4 is 28.6 Å². The maximum absolute atomic E-state index is 11.0. The molecule has 1 unspecified atom stereocenters. The van der Waals surface area contributed by atoms with Crippen LogP contribution in [0.25, 0.3) is 0 Å². The molecule has 0 aromatic heterocycles. The highest BCUT2D eigenvalue weighted by Crippen LogP contribution is 1.97. The summed E-state index contributed by atoms with van der Waals surface area (Å²) in [6, 6.07) is 0. The molecule has 3 nitrogen and oxygen atoms in total. The lowest BCUT2D eigenvalue weighted by Crippen LogP contribution is -2.23. The van der Waals surface area contributed by atoms with Gasteiger partial charge in [-0.1, -0.05) is 22.6 Å². The molecule has 0 N–H and O–H groups in total. The zero-order valence-electron chi connectivity index (χ0n) is 7.51. The zero-order valence-corrected chi connectivity index (χ0v) is 9.67. The minimum atomic E-state index is -0.423. The molecule has 0 saturated carbocycles. The molecular weight excluding hydrogens is 271 g/mol. The molecule has 0 spiro atoms. The molecule has 0 saturated heterocycles. The van der Waals surface area contributed by atoms with Crippen LogP contribution in [0.15, 0.2) is 0 Å². The molecule has 0 rings (SSSR count). The lowest BCUT2D eigenvalue weighted by atomic mass is 10.4. The van der Waals surface area contributed by atoms with E-state index in [0.29, 0.717) is 13.2 Å². The van der Waals surface area contributed by atoms with Crippen LogP contribution in [0.4, 0.5) is 0 Å². The Morgan fingerprint density at radius 2 is 2.25 bits per heavy atom. The van der Waals surface area contributed by atoms with E-state index in [1.807, 2.05) is 0 Å². The topological polar surface area (TPSA) is 35.5 Å². The summed E-state index contributed by atoms with van der Waals surface area (Å²) in [7, 11) is 0. The van der Waals surface area contributed by atoms with E-state index in [2.05, 4.69) is 22.6 Å². The normalized spacial score (nSPS) is 12.6. The standard InChI is InChI=1S/C8H15IO3/c1-3-11-8(10)7(2)12-6-4-5-9/h7H,3-6H2,1-2H3. The molecule has 0 aliphatic heterocycles. The number of hydrogen-bond donors (Lipinski definition) is 0. The largest absolute Gasteiger partial charge is 0.464 e. The van der Waals surface area contributed by atoms with Crippen molar-refractivity contribution in [2.24, 2.45) is 0 Å². The van der Waals surface area contributed by atoms with Gasteiger partial charge in [-0.3, -0.25) is 0 Å². The van der Waals surface area contributed by atoms with E-state index < -0.39 is 6.10 Å². The van der Waals surface area contributed by atoms with Crippen molar-refractivity contribution in [3.05, 3.63) is 0 Å². The predicted octanol–water partition coefficient (Wildman–Crippen LogP) is 1.78. The third-order valence-corrected chi connectivity index (χ3v) is 2.03. The smallest absolute Gasteiger partial charge is 0.334 e. The summed E-state index contributed by atoms with van der Waals surface area (Å²) < 4.78 is 11.0. The van der Waals surface area contributed by atoms with E-state index in [0.717, 1.165) is 10.8 Å². The van der Waals surface area contributed by atoms with Crippen molar-refractivity contribution in [3.63, 3.8) is 0 Å². The van der Waals surface area contributed by atoms with E-state index in [4.69, 9.17) is 9.47 Å². The van der Waals surface area contributed by atoms with Crippen molar-refractivity contribution in [3.8, 4) is 0 Å². The Bertz CT molecular complexity index is 127. The summed E-state index contributed by atoms with van der Waals surface area (Å²) >= 11 is 2.27.